The molecule has 0 aromatic heterocycles. The summed E-state index contributed by atoms with van der Waals surface area (Å²) in [6, 6.07) is 1.94. The number of carbonyl (C=O) groups is 1. The van der Waals surface area contributed by atoms with Crippen molar-refractivity contribution in [2.24, 2.45) is 17.8 Å². The molecular weight excluding hydrogens is 500 g/mol. The Balaban J connectivity index is 0.976. The molecule has 6 rings (SSSR count). The summed E-state index contributed by atoms with van der Waals surface area (Å²) in [7, 11) is 0. The molecule has 8 unspecified atom stereocenters. The molecule has 0 spiro atoms. The molecule has 5 aliphatic heterocycles. The summed E-state index contributed by atoms with van der Waals surface area (Å²) < 4.78 is 0. The normalized spacial score (nSPS) is 42.2. The maximum atomic E-state index is 13.6. The van der Waals surface area contributed by atoms with Gasteiger partial charge in [0.1, 0.15) is 6.29 Å². The van der Waals surface area contributed by atoms with Crippen molar-refractivity contribution >= 4 is 5.91 Å². The lowest BCUT2D eigenvalue weighted by atomic mass is 9.82. The quantitative estimate of drug-likeness (QED) is 0.266. The third-order valence-electron chi connectivity index (χ3n) is 11.3. The molecule has 1 aliphatic carbocycles. The fourth-order valence-corrected chi connectivity index (χ4v) is 8.77. The second kappa shape index (κ2) is 14.1. The van der Waals surface area contributed by atoms with E-state index in [2.05, 4.69) is 48.6 Å². The largest absolute Gasteiger partial charge is 0.353 e. The third-order valence-corrected chi connectivity index (χ3v) is 11.3. The van der Waals surface area contributed by atoms with E-state index in [0.717, 1.165) is 51.2 Å². The van der Waals surface area contributed by atoms with Crippen LogP contribution >= 0.6 is 0 Å². The van der Waals surface area contributed by atoms with Gasteiger partial charge in [-0.25, -0.2) is 0 Å². The molecule has 0 aromatic carbocycles. The predicted molar refractivity (Wildman–Crippen MR) is 161 cm³/mol. The van der Waals surface area contributed by atoms with Gasteiger partial charge in [-0.1, -0.05) is 6.92 Å². The van der Waals surface area contributed by atoms with Crippen molar-refractivity contribution in [3.63, 3.8) is 0 Å². The summed E-state index contributed by atoms with van der Waals surface area (Å²) in [6.07, 6.45) is 14.9. The van der Waals surface area contributed by atoms with E-state index in [0.29, 0.717) is 36.1 Å². The van der Waals surface area contributed by atoms with Crippen LogP contribution in [-0.2, 0) is 4.79 Å². The Kier molecular flexibility index (Phi) is 10.3. The molecule has 6 aliphatic rings. The molecule has 6 fully saturated rings. The lowest BCUT2D eigenvalue weighted by molar-refractivity contribution is -0.128. The summed E-state index contributed by atoms with van der Waals surface area (Å²) in [6.45, 7) is 11.7. The lowest BCUT2D eigenvalue weighted by Crippen LogP contribution is -2.66. The van der Waals surface area contributed by atoms with Crippen molar-refractivity contribution in [3.05, 3.63) is 0 Å². The Hall–Kier alpha value is -0.810. The van der Waals surface area contributed by atoms with Crippen LogP contribution in [0.5, 0.6) is 0 Å². The van der Waals surface area contributed by atoms with Crippen LogP contribution in [0.3, 0.4) is 0 Å². The maximum absolute atomic E-state index is 13.6. The van der Waals surface area contributed by atoms with E-state index in [1.807, 2.05) is 0 Å². The number of nitrogens with one attached hydrogen (secondary N) is 6. The first kappa shape index (κ1) is 29.3. The fraction of sp³-hybridized carbons (Fsp3) is 0.968. The molecule has 0 aromatic rings. The number of likely N-dealkylation sites (tertiary alicyclic amines) is 2. The molecule has 0 bridgehead atoms. The zero-order chi connectivity index (χ0) is 27.3. The Bertz CT molecular complexity index is 802. The zero-order valence-corrected chi connectivity index (χ0v) is 25.1. The van der Waals surface area contributed by atoms with Crippen LogP contribution in [-0.4, -0.2) is 105 Å². The van der Waals surface area contributed by atoms with Crippen LogP contribution in [0.25, 0.3) is 0 Å². The van der Waals surface area contributed by atoms with Gasteiger partial charge in [0.2, 0.25) is 5.91 Å². The molecule has 9 heteroatoms. The minimum atomic E-state index is 0.136. The number of piperidine rings is 2. The van der Waals surface area contributed by atoms with Crippen LogP contribution in [0.2, 0.25) is 0 Å². The Labute approximate surface area is 243 Å². The highest BCUT2D eigenvalue weighted by Crippen LogP contribution is 2.29. The monoisotopic (exact) mass is 558 g/mol. The van der Waals surface area contributed by atoms with E-state index in [9.17, 15) is 4.79 Å². The number of carbonyl (C=O) groups excluding carboxylic acids is 1. The highest BCUT2D eigenvalue weighted by molar-refractivity contribution is 5.79. The predicted octanol–water partition coefficient (Wildman–Crippen LogP) is 1.37. The van der Waals surface area contributed by atoms with E-state index < -0.39 is 0 Å². The van der Waals surface area contributed by atoms with Gasteiger partial charge in [-0.15, -0.1) is 0 Å². The molecule has 5 heterocycles. The van der Waals surface area contributed by atoms with Crippen molar-refractivity contribution in [2.45, 2.75) is 121 Å². The smallest absolute Gasteiger partial charge is 0.223 e. The van der Waals surface area contributed by atoms with E-state index in [1.165, 1.54) is 84.1 Å². The molecule has 1 amide bonds. The summed E-state index contributed by atoms with van der Waals surface area (Å²) in [5.74, 6) is 1.80. The van der Waals surface area contributed by atoms with Crippen LogP contribution in [0.4, 0.5) is 0 Å². The van der Waals surface area contributed by atoms with Crippen molar-refractivity contribution < 1.29 is 4.79 Å². The standard InChI is InChI=1S/C31H58N8O/c1-22-8-9-25(19-28(22)37-31-34-14-11-27(36-31)24-6-4-12-32-20-24)35-30(40)23-10-13-33-29(18-23)39-17-5-7-26(39)21-38-15-2-3-16-38/h22-29,31-34,36-37H,2-21H2,1H3,(H,35,40)/t22?,23?,24?,25?,26-,27?,28?,29?,31?/m1/s1. The van der Waals surface area contributed by atoms with E-state index in [1.54, 1.807) is 0 Å². The number of rotatable bonds is 8. The molecule has 9 nitrogen and oxygen atoms in total. The zero-order valence-electron chi connectivity index (χ0n) is 25.1. The minimum Gasteiger partial charge on any atom is -0.353 e. The van der Waals surface area contributed by atoms with Crippen molar-refractivity contribution in [2.75, 3.05) is 52.4 Å². The van der Waals surface area contributed by atoms with Crippen molar-refractivity contribution in [1.82, 2.24) is 41.7 Å². The van der Waals surface area contributed by atoms with Gasteiger partial charge < -0.3 is 20.9 Å². The van der Waals surface area contributed by atoms with Crippen LogP contribution in [0, 0.1) is 17.8 Å². The molecule has 1 saturated carbocycles. The van der Waals surface area contributed by atoms with Gasteiger partial charge >= 0.3 is 0 Å². The fourth-order valence-electron chi connectivity index (χ4n) is 8.77. The summed E-state index contributed by atoms with van der Waals surface area (Å²) >= 11 is 0. The number of nitrogens with zero attached hydrogens (tertiary/aromatic N) is 2. The average Bonchev–Trinajstić information content (AvgIpc) is 3.68. The van der Waals surface area contributed by atoms with Crippen LogP contribution in [0.1, 0.15) is 84.0 Å². The molecule has 40 heavy (non-hydrogen) atoms. The van der Waals surface area contributed by atoms with E-state index in [-0.39, 0.29) is 18.2 Å². The molecule has 6 N–H and O–H groups in total. The molecule has 9 atom stereocenters. The summed E-state index contributed by atoms with van der Waals surface area (Å²) in [5.41, 5.74) is 0. The van der Waals surface area contributed by atoms with Crippen molar-refractivity contribution in [3.8, 4) is 0 Å². The first-order valence-electron chi connectivity index (χ1n) is 17.1. The first-order valence-corrected chi connectivity index (χ1v) is 17.1. The first-order chi connectivity index (χ1) is 19.6. The Morgan fingerprint density at radius 2 is 1.75 bits per heavy atom. The van der Waals surface area contributed by atoms with Gasteiger partial charge in [-0.3, -0.25) is 25.6 Å². The maximum Gasteiger partial charge on any atom is 0.223 e. The topological polar surface area (TPSA) is 95.7 Å². The number of hydrogen-bond acceptors (Lipinski definition) is 8. The van der Waals surface area contributed by atoms with Crippen molar-refractivity contribution in [1.29, 1.82) is 0 Å². The Morgan fingerprint density at radius 3 is 2.60 bits per heavy atom. The minimum absolute atomic E-state index is 0.136. The highest BCUT2D eigenvalue weighted by atomic mass is 16.2. The molecule has 5 saturated heterocycles. The van der Waals surface area contributed by atoms with E-state index in [4.69, 9.17) is 0 Å². The second-order valence-electron chi connectivity index (χ2n) is 14.1. The van der Waals surface area contributed by atoms with Gasteiger partial charge in [0.05, 0.1) is 6.17 Å². The lowest BCUT2D eigenvalue weighted by Gasteiger charge is -2.43. The molecule has 228 valence electrons. The second-order valence-corrected chi connectivity index (χ2v) is 14.1. The summed E-state index contributed by atoms with van der Waals surface area (Å²) in [5, 5.41) is 22.4. The van der Waals surface area contributed by atoms with Crippen LogP contribution < -0.4 is 31.9 Å². The number of hydrogen-bond donors (Lipinski definition) is 6. The highest BCUT2D eigenvalue weighted by Gasteiger charge is 2.38. The van der Waals surface area contributed by atoms with Gasteiger partial charge in [0.25, 0.3) is 0 Å². The van der Waals surface area contributed by atoms with Gasteiger partial charge in [0, 0.05) is 43.2 Å². The molecular formula is C31H58N8O. The van der Waals surface area contributed by atoms with Gasteiger partial charge in [-0.05, 0) is 128 Å². The third kappa shape index (κ3) is 7.39. The number of amides is 1. The summed E-state index contributed by atoms with van der Waals surface area (Å²) in [4.78, 5) is 18.9. The average molecular weight is 559 g/mol. The SMILES string of the molecule is CC1CCC(NC(=O)C2CCNC(N3CCC[C@@H]3CN3CCCC3)C2)CC1NC1NCCC(C2CCCNC2)N1. The van der Waals surface area contributed by atoms with Gasteiger partial charge in [0.15, 0.2) is 0 Å². The van der Waals surface area contributed by atoms with E-state index >= 15 is 0 Å². The van der Waals surface area contributed by atoms with Crippen LogP contribution in [0.15, 0.2) is 0 Å². The molecule has 0 radical (unpaired) electrons. The Morgan fingerprint density at radius 1 is 0.875 bits per heavy atom. The van der Waals surface area contributed by atoms with Gasteiger partial charge in [-0.2, -0.15) is 0 Å².